The average Bonchev–Trinajstić information content (AvgIpc) is 3.01. The number of carbonyl (C=O) groups is 4. The van der Waals surface area contributed by atoms with E-state index in [-0.39, 0.29) is 31.2 Å². The fraction of sp³-hybridized carbons (Fsp3) is 0.200. The zero-order valence-corrected chi connectivity index (χ0v) is 20.2. The molecule has 0 aromatic heterocycles. The molecule has 0 bridgehead atoms. The van der Waals surface area contributed by atoms with Gasteiger partial charge in [0.2, 0.25) is 0 Å². The highest BCUT2D eigenvalue weighted by Crippen LogP contribution is 2.45. The predicted molar refractivity (Wildman–Crippen MR) is 122 cm³/mol. The number of hydrogen-bond donors (Lipinski definition) is 1. The van der Waals surface area contributed by atoms with E-state index in [0.29, 0.717) is 15.6 Å². The fourth-order valence-corrected chi connectivity index (χ4v) is 4.18. The Labute approximate surface area is 207 Å². The van der Waals surface area contributed by atoms with Crippen molar-refractivity contribution in [3.05, 3.63) is 60.0 Å². The summed E-state index contributed by atoms with van der Waals surface area (Å²) >= 11 is 30.0. The topological polar surface area (TPSA) is 92.8 Å². The van der Waals surface area contributed by atoms with E-state index in [0.717, 1.165) is 5.56 Å². The second-order valence-corrected chi connectivity index (χ2v) is 8.73. The zero-order valence-electron chi connectivity index (χ0n) is 16.4. The smallest absolute Gasteiger partial charge is 0.329 e. The molecule has 0 saturated carbocycles. The van der Waals surface area contributed by atoms with Crippen molar-refractivity contribution in [3.63, 3.8) is 0 Å². The summed E-state index contributed by atoms with van der Waals surface area (Å²) in [5.41, 5.74) is 0.680. The number of halogens is 5. The molecule has 1 aliphatic rings. The van der Waals surface area contributed by atoms with E-state index in [9.17, 15) is 19.2 Å². The summed E-state index contributed by atoms with van der Waals surface area (Å²) in [6, 6.07) is 3.54. The molecule has 0 aliphatic carbocycles. The number of carbonyl (C=O) groups excluding carboxylic acids is 4. The summed E-state index contributed by atoms with van der Waals surface area (Å²) in [6.45, 7) is 2.36. The number of benzene rings is 2. The van der Waals surface area contributed by atoms with E-state index in [1.54, 1.807) is 25.1 Å². The van der Waals surface area contributed by atoms with Crippen LogP contribution in [0.2, 0.25) is 25.1 Å². The minimum Gasteiger partial charge on any atom is -0.454 e. The molecule has 0 spiro atoms. The average molecular weight is 539 g/mol. The van der Waals surface area contributed by atoms with Gasteiger partial charge < -0.3 is 10.1 Å². The van der Waals surface area contributed by atoms with Crippen molar-refractivity contribution in [2.24, 2.45) is 0 Å². The highest BCUT2D eigenvalue weighted by atomic mass is 35.5. The van der Waals surface area contributed by atoms with Gasteiger partial charge in [-0.2, -0.15) is 0 Å². The van der Waals surface area contributed by atoms with E-state index in [1.165, 1.54) is 6.92 Å². The third-order valence-electron chi connectivity index (χ3n) is 4.68. The van der Waals surface area contributed by atoms with Crippen molar-refractivity contribution >= 4 is 87.4 Å². The standard InChI is InChI=1S/C20H13Cl5N2O5/c1-7-3-4-9(21)5-10(7)26-11(28)6-32-20(31)8(2)27-18(29)12-13(19(27)30)15(23)17(25)16(24)14(12)22/h3-5,8H,6H2,1-2H3,(H,26,28)/t8-/m0/s1. The van der Waals surface area contributed by atoms with Crippen molar-refractivity contribution in [2.75, 3.05) is 11.9 Å². The van der Waals surface area contributed by atoms with Crippen molar-refractivity contribution in [2.45, 2.75) is 19.9 Å². The zero-order chi connectivity index (χ0) is 23.9. The number of nitrogens with zero attached hydrogens (tertiary/aromatic N) is 1. The van der Waals surface area contributed by atoms with Gasteiger partial charge in [-0.1, -0.05) is 64.1 Å². The lowest BCUT2D eigenvalue weighted by Crippen LogP contribution is -2.44. The number of imide groups is 1. The predicted octanol–water partition coefficient (Wildman–Crippen LogP) is 5.43. The van der Waals surface area contributed by atoms with Crippen LogP contribution < -0.4 is 5.32 Å². The van der Waals surface area contributed by atoms with Gasteiger partial charge in [-0.3, -0.25) is 19.3 Å². The molecular weight excluding hydrogens is 525 g/mol. The Balaban J connectivity index is 1.72. The Morgan fingerprint density at radius 2 is 1.50 bits per heavy atom. The van der Waals surface area contributed by atoms with Gasteiger partial charge >= 0.3 is 5.97 Å². The van der Waals surface area contributed by atoms with Crippen molar-refractivity contribution in [1.29, 1.82) is 0 Å². The van der Waals surface area contributed by atoms with Crippen LogP contribution in [0.15, 0.2) is 18.2 Å². The summed E-state index contributed by atoms with van der Waals surface area (Å²) in [5, 5.41) is 2.08. The fourth-order valence-electron chi connectivity index (χ4n) is 3.00. The van der Waals surface area contributed by atoms with Crippen LogP contribution in [0.4, 0.5) is 5.69 Å². The van der Waals surface area contributed by atoms with Crippen LogP contribution in [-0.2, 0) is 14.3 Å². The van der Waals surface area contributed by atoms with E-state index >= 15 is 0 Å². The Hall–Kier alpha value is -2.03. The minimum atomic E-state index is -1.38. The molecule has 3 rings (SSSR count). The number of anilines is 1. The minimum absolute atomic E-state index is 0.191. The van der Waals surface area contributed by atoms with Gasteiger partial charge in [0.15, 0.2) is 6.61 Å². The molecule has 1 heterocycles. The lowest BCUT2D eigenvalue weighted by atomic mass is 10.1. The Morgan fingerprint density at radius 3 is 2.03 bits per heavy atom. The van der Waals surface area contributed by atoms with Gasteiger partial charge in [0.1, 0.15) is 6.04 Å². The number of hydrogen-bond acceptors (Lipinski definition) is 5. The molecule has 32 heavy (non-hydrogen) atoms. The Bertz CT molecular complexity index is 1140. The highest BCUT2D eigenvalue weighted by Gasteiger charge is 2.45. The van der Waals surface area contributed by atoms with Gasteiger partial charge in [0, 0.05) is 10.7 Å². The molecule has 2 aromatic rings. The van der Waals surface area contributed by atoms with Crippen molar-refractivity contribution in [3.8, 4) is 0 Å². The maximum absolute atomic E-state index is 12.8. The first-order chi connectivity index (χ1) is 15.0. The van der Waals surface area contributed by atoms with Crippen LogP contribution in [-0.4, -0.2) is 41.2 Å². The molecule has 0 fully saturated rings. The second kappa shape index (κ2) is 9.45. The number of esters is 1. The quantitative estimate of drug-likeness (QED) is 0.237. The van der Waals surface area contributed by atoms with Gasteiger partial charge in [0.25, 0.3) is 17.7 Å². The van der Waals surface area contributed by atoms with E-state index in [1.807, 2.05) is 0 Å². The number of aryl methyl sites for hydroxylation is 1. The van der Waals surface area contributed by atoms with Crippen LogP contribution in [0.25, 0.3) is 0 Å². The monoisotopic (exact) mass is 536 g/mol. The number of rotatable bonds is 5. The van der Waals surface area contributed by atoms with Crippen molar-refractivity contribution < 1.29 is 23.9 Å². The summed E-state index contributed by atoms with van der Waals surface area (Å²) in [6.07, 6.45) is 0. The third kappa shape index (κ3) is 4.40. The Morgan fingerprint density at radius 1 is 0.969 bits per heavy atom. The lowest BCUT2D eigenvalue weighted by Gasteiger charge is -2.21. The first-order valence-electron chi connectivity index (χ1n) is 8.92. The highest BCUT2D eigenvalue weighted by molar-refractivity contribution is 6.55. The largest absolute Gasteiger partial charge is 0.454 e. The van der Waals surface area contributed by atoms with Gasteiger partial charge in [0.05, 0.1) is 31.2 Å². The first-order valence-corrected chi connectivity index (χ1v) is 10.8. The maximum Gasteiger partial charge on any atom is 0.329 e. The Kier molecular flexibility index (Phi) is 7.27. The molecule has 7 nitrogen and oxygen atoms in total. The van der Waals surface area contributed by atoms with Crippen LogP contribution in [0, 0.1) is 6.92 Å². The summed E-state index contributed by atoms with van der Waals surface area (Å²) in [5.74, 6) is -3.41. The normalized spacial score (nSPS) is 13.8. The third-order valence-corrected chi connectivity index (χ3v) is 6.72. The summed E-state index contributed by atoms with van der Waals surface area (Å²) in [4.78, 5) is 50.8. The molecule has 3 amide bonds. The SMILES string of the molecule is Cc1ccc(Cl)cc1NC(=O)COC(=O)[C@H](C)N1C(=O)c2c(Cl)c(Cl)c(Cl)c(Cl)c2C1=O. The number of ether oxygens (including phenoxy) is 1. The molecule has 12 heteroatoms. The lowest BCUT2D eigenvalue weighted by molar-refractivity contribution is -0.150. The molecule has 168 valence electrons. The summed E-state index contributed by atoms with van der Waals surface area (Å²) < 4.78 is 4.98. The number of fused-ring (bicyclic) bond motifs is 1. The first kappa shape index (κ1) is 24.6. The molecular formula is C20H13Cl5N2O5. The number of amides is 3. The summed E-state index contributed by atoms with van der Waals surface area (Å²) in [7, 11) is 0. The molecule has 0 saturated heterocycles. The molecule has 2 aromatic carbocycles. The van der Waals surface area contributed by atoms with Gasteiger partial charge in [-0.25, -0.2) is 4.79 Å². The van der Waals surface area contributed by atoms with Crippen LogP contribution in [0.5, 0.6) is 0 Å². The van der Waals surface area contributed by atoms with Crippen LogP contribution in [0.3, 0.4) is 0 Å². The molecule has 0 unspecified atom stereocenters. The second-order valence-electron chi connectivity index (χ2n) is 6.78. The molecule has 1 atom stereocenters. The number of nitrogens with one attached hydrogen (secondary N) is 1. The van der Waals surface area contributed by atoms with Gasteiger partial charge in [-0.15, -0.1) is 0 Å². The van der Waals surface area contributed by atoms with Gasteiger partial charge in [-0.05, 0) is 31.5 Å². The molecule has 0 radical (unpaired) electrons. The molecule has 1 N–H and O–H groups in total. The van der Waals surface area contributed by atoms with Crippen LogP contribution >= 0.6 is 58.0 Å². The van der Waals surface area contributed by atoms with E-state index in [2.05, 4.69) is 5.32 Å². The van der Waals surface area contributed by atoms with E-state index < -0.39 is 36.3 Å². The van der Waals surface area contributed by atoms with E-state index in [4.69, 9.17) is 62.7 Å². The molecule has 1 aliphatic heterocycles. The van der Waals surface area contributed by atoms with Crippen molar-refractivity contribution in [1.82, 2.24) is 4.90 Å². The maximum atomic E-state index is 12.8. The van der Waals surface area contributed by atoms with Crippen LogP contribution in [0.1, 0.15) is 33.2 Å².